The molecule has 0 saturated heterocycles. The average molecular weight is 561 g/mol. The molecule has 0 heterocycles. The van der Waals surface area contributed by atoms with Crippen LogP contribution in [0.1, 0.15) is 127 Å². The largest absolute Gasteiger partial charge is 0.120 e. The Morgan fingerprint density at radius 2 is 0.952 bits per heavy atom. The van der Waals surface area contributed by atoms with Crippen LogP contribution < -0.4 is 0 Å². The van der Waals surface area contributed by atoms with Gasteiger partial charge < -0.3 is 0 Å². The van der Waals surface area contributed by atoms with Crippen molar-refractivity contribution in [3.05, 3.63) is 101 Å². The highest BCUT2D eigenvalue weighted by Gasteiger charge is 2.23. The Hall–Kier alpha value is -2.78. The van der Waals surface area contributed by atoms with Gasteiger partial charge in [-0.05, 0) is 215 Å². The lowest BCUT2D eigenvalue weighted by Crippen LogP contribution is -2.16. The third-order valence-corrected chi connectivity index (χ3v) is 11.9. The molecule has 0 atom stereocenters. The zero-order chi connectivity index (χ0) is 31.0. The van der Waals surface area contributed by atoms with Crippen molar-refractivity contribution in [3.8, 4) is 12.3 Å². The third-order valence-electron chi connectivity index (χ3n) is 11.9. The molecule has 0 radical (unpaired) electrons. The second-order valence-corrected chi connectivity index (χ2v) is 14.1. The molecular formula is C42H56. The lowest BCUT2D eigenvalue weighted by Gasteiger charge is -2.28. The molecule has 1 fully saturated rings. The van der Waals surface area contributed by atoms with E-state index in [0.29, 0.717) is 6.42 Å². The highest BCUT2D eigenvalue weighted by molar-refractivity contribution is 5.58. The van der Waals surface area contributed by atoms with Crippen molar-refractivity contribution in [2.24, 2.45) is 11.8 Å². The summed E-state index contributed by atoms with van der Waals surface area (Å²) in [5.41, 5.74) is 24.9. The first-order chi connectivity index (χ1) is 19.8. The summed E-state index contributed by atoms with van der Waals surface area (Å²) >= 11 is 0. The Bertz CT molecular complexity index is 1480. The molecule has 3 aromatic rings. The number of rotatable bonds is 7. The van der Waals surface area contributed by atoms with Crippen LogP contribution in [-0.2, 0) is 25.7 Å². The molecule has 0 spiro atoms. The Kier molecular flexibility index (Phi) is 9.82. The average Bonchev–Trinajstić information content (AvgIpc) is 2.96. The summed E-state index contributed by atoms with van der Waals surface area (Å²) in [4.78, 5) is 0. The molecule has 0 bridgehead atoms. The monoisotopic (exact) mass is 560 g/mol. The summed E-state index contributed by atoms with van der Waals surface area (Å²) < 4.78 is 0. The third kappa shape index (κ3) is 6.00. The lowest BCUT2D eigenvalue weighted by atomic mass is 9.77. The normalized spacial score (nSPS) is 17.0. The molecule has 0 aromatic heterocycles. The number of benzene rings is 3. The van der Waals surface area contributed by atoms with E-state index in [9.17, 15) is 0 Å². The quantitative estimate of drug-likeness (QED) is 0.252. The van der Waals surface area contributed by atoms with Gasteiger partial charge in [0.25, 0.3) is 0 Å². The zero-order valence-corrected chi connectivity index (χ0v) is 29.0. The lowest BCUT2D eigenvalue weighted by molar-refractivity contribution is 0.288. The molecular weight excluding hydrogens is 504 g/mol. The minimum Gasteiger partial charge on any atom is -0.120 e. The summed E-state index contributed by atoms with van der Waals surface area (Å²) in [5, 5.41) is 0. The molecule has 1 saturated carbocycles. The maximum absolute atomic E-state index is 5.73. The van der Waals surface area contributed by atoms with Crippen LogP contribution in [0.4, 0.5) is 0 Å². The van der Waals surface area contributed by atoms with Crippen molar-refractivity contribution >= 4 is 0 Å². The van der Waals surface area contributed by atoms with Gasteiger partial charge in [-0.2, -0.15) is 0 Å². The zero-order valence-electron chi connectivity index (χ0n) is 29.0. The van der Waals surface area contributed by atoms with Gasteiger partial charge in [-0.15, -0.1) is 12.3 Å². The van der Waals surface area contributed by atoms with Crippen molar-refractivity contribution < 1.29 is 0 Å². The Balaban J connectivity index is 1.69. The van der Waals surface area contributed by atoms with Gasteiger partial charge in [-0.3, -0.25) is 0 Å². The fraction of sp³-hybridized carbons (Fsp3) is 0.524. The minimum absolute atomic E-state index is 0.712. The van der Waals surface area contributed by atoms with Gasteiger partial charge in [0.2, 0.25) is 0 Å². The minimum atomic E-state index is 0.712. The Labute approximate surface area is 258 Å². The predicted molar refractivity (Wildman–Crippen MR) is 184 cm³/mol. The maximum atomic E-state index is 5.73. The van der Waals surface area contributed by atoms with Crippen molar-refractivity contribution in [1.29, 1.82) is 0 Å². The molecule has 0 unspecified atom stereocenters. The van der Waals surface area contributed by atoms with E-state index in [1.807, 2.05) is 0 Å². The smallest absolute Gasteiger partial charge is 0.0343 e. The summed E-state index contributed by atoms with van der Waals surface area (Å²) in [6, 6.07) is 2.52. The van der Waals surface area contributed by atoms with Crippen molar-refractivity contribution in [1.82, 2.24) is 0 Å². The summed E-state index contributed by atoms with van der Waals surface area (Å²) in [6.07, 6.45) is 15.3. The first kappa shape index (κ1) is 32.1. The van der Waals surface area contributed by atoms with E-state index in [1.54, 1.807) is 5.56 Å². The molecule has 3 aromatic carbocycles. The number of hydrogen-bond donors (Lipinski definition) is 0. The molecule has 0 N–H and O–H groups in total. The van der Waals surface area contributed by atoms with Crippen LogP contribution in [0.5, 0.6) is 0 Å². The van der Waals surface area contributed by atoms with Crippen LogP contribution in [0.25, 0.3) is 0 Å². The van der Waals surface area contributed by atoms with Gasteiger partial charge in [-0.1, -0.05) is 25.8 Å². The fourth-order valence-corrected chi connectivity index (χ4v) is 8.00. The van der Waals surface area contributed by atoms with Crippen molar-refractivity contribution in [3.63, 3.8) is 0 Å². The van der Waals surface area contributed by atoms with Crippen LogP contribution in [0, 0.1) is 100 Å². The second kappa shape index (κ2) is 12.8. The number of hydrogen-bond acceptors (Lipinski definition) is 0. The molecule has 0 aliphatic heterocycles. The van der Waals surface area contributed by atoms with Gasteiger partial charge in [0.1, 0.15) is 0 Å². The Morgan fingerprint density at radius 3 is 1.40 bits per heavy atom. The highest BCUT2D eigenvalue weighted by Crippen LogP contribution is 2.37. The van der Waals surface area contributed by atoms with E-state index < -0.39 is 0 Å². The molecule has 42 heavy (non-hydrogen) atoms. The van der Waals surface area contributed by atoms with Gasteiger partial charge >= 0.3 is 0 Å². The first-order valence-electron chi connectivity index (χ1n) is 16.5. The van der Waals surface area contributed by atoms with Crippen LogP contribution >= 0.6 is 0 Å². The molecule has 1 aliphatic rings. The van der Waals surface area contributed by atoms with Gasteiger partial charge in [0, 0.05) is 6.42 Å². The summed E-state index contributed by atoms with van der Waals surface area (Å²) in [5.74, 6) is 4.66. The fourth-order valence-electron chi connectivity index (χ4n) is 8.00. The first-order valence-corrected chi connectivity index (χ1v) is 16.5. The maximum Gasteiger partial charge on any atom is 0.0343 e. The van der Waals surface area contributed by atoms with Crippen molar-refractivity contribution in [2.45, 2.75) is 134 Å². The van der Waals surface area contributed by atoms with Crippen LogP contribution in [-0.4, -0.2) is 0 Å². The number of aryl methyl sites for hydroxylation is 1. The van der Waals surface area contributed by atoms with Gasteiger partial charge in [0.05, 0.1) is 0 Å². The molecule has 1 aliphatic carbocycles. The van der Waals surface area contributed by atoms with E-state index in [-0.39, 0.29) is 0 Å². The van der Waals surface area contributed by atoms with Crippen molar-refractivity contribution in [2.75, 3.05) is 0 Å². The van der Waals surface area contributed by atoms with Crippen LogP contribution in [0.2, 0.25) is 0 Å². The molecule has 4 rings (SSSR count). The van der Waals surface area contributed by atoms with Crippen LogP contribution in [0.15, 0.2) is 6.07 Å². The van der Waals surface area contributed by atoms with E-state index in [4.69, 9.17) is 6.42 Å². The molecule has 224 valence electrons. The van der Waals surface area contributed by atoms with Crippen LogP contribution in [0.3, 0.4) is 0 Å². The van der Waals surface area contributed by atoms with Gasteiger partial charge in [-0.25, -0.2) is 0 Å². The molecule has 0 amide bonds. The second-order valence-electron chi connectivity index (χ2n) is 14.1. The Morgan fingerprint density at radius 1 is 0.548 bits per heavy atom. The topological polar surface area (TPSA) is 0 Å². The van der Waals surface area contributed by atoms with E-state index >= 15 is 0 Å². The standard InChI is InChI=1S/C42H56/c1-14-15-38-28(6)30(8)41(31(9)29(38)7)23-42-34(12)32(10)40(33(11)35(42)13)22-37-20-25(3)39(27(5)26(37)4)21-36-18-16-24(2)17-19-36/h1,20,24,36H,15-19,21-23H2,2-13H3. The van der Waals surface area contributed by atoms with E-state index in [1.165, 1.54) is 121 Å². The summed E-state index contributed by atoms with van der Waals surface area (Å²) in [6.45, 7) is 28.1. The predicted octanol–water partition coefficient (Wildman–Crippen LogP) is 10.8. The highest BCUT2D eigenvalue weighted by atomic mass is 14.3. The van der Waals surface area contributed by atoms with E-state index in [2.05, 4.69) is 95.1 Å². The number of terminal acetylenes is 1. The summed E-state index contributed by atoms with van der Waals surface area (Å²) in [7, 11) is 0. The van der Waals surface area contributed by atoms with E-state index in [0.717, 1.165) is 24.7 Å². The SMILES string of the molecule is C#CCc1c(C)c(C)c(Cc2c(C)c(C)c(Cc3cc(C)c(CC4CCC(C)CC4)c(C)c3C)c(C)c2C)c(C)c1C. The molecule has 0 heteroatoms. The molecule has 0 nitrogen and oxygen atoms in total. The van der Waals surface area contributed by atoms with Gasteiger partial charge in [0.15, 0.2) is 0 Å².